The van der Waals surface area contributed by atoms with Gasteiger partial charge in [-0.1, -0.05) is 35.9 Å². The molecule has 24 heavy (non-hydrogen) atoms. The minimum Gasteiger partial charge on any atom is -0.460 e. The van der Waals surface area contributed by atoms with Crippen LogP contribution in [0.25, 0.3) is 11.0 Å². The average molecular weight is 339 g/mol. The topological polar surface area (TPSA) is 47.3 Å². The summed E-state index contributed by atoms with van der Waals surface area (Å²) in [7, 11) is 0. The number of carbonyl (C=O) groups is 1. The summed E-state index contributed by atoms with van der Waals surface area (Å²) in [4.78, 5) is 25.1. The largest absolute Gasteiger partial charge is 0.460 e. The molecule has 4 heteroatoms. The Bertz CT molecular complexity index is 986. The van der Waals surface area contributed by atoms with Crippen molar-refractivity contribution in [1.29, 1.82) is 0 Å². The van der Waals surface area contributed by atoms with E-state index in [1.54, 1.807) is 18.2 Å². The van der Waals surface area contributed by atoms with E-state index in [4.69, 9.17) is 16.0 Å². The Kier molecular flexibility index (Phi) is 3.73. The highest BCUT2D eigenvalue weighted by molar-refractivity contribution is 6.30. The molecule has 3 aromatic rings. The molecule has 0 saturated carbocycles. The summed E-state index contributed by atoms with van der Waals surface area (Å²) in [6, 6.07) is 14.7. The fourth-order valence-electron chi connectivity index (χ4n) is 3.38. The van der Waals surface area contributed by atoms with Crippen LogP contribution in [-0.2, 0) is 17.6 Å². The Hall–Kier alpha value is -2.39. The van der Waals surface area contributed by atoms with E-state index in [-0.39, 0.29) is 23.6 Å². The van der Waals surface area contributed by atoms with Crippen molar-refractivity contribution in [2.24, 2.45) is 0 Å². The Morgan fingerprint density at radius 3 is 2.50 bits per heavy atom. The highest BCUT2D eigenvalue weighted by atomic mass is 35.5. The molecule has 1 unspecified atom stereocenters. The van der Waals surface area contributed by atoms with Gasteiger partial charge in [0.15, 0.2) is 5.43 Å². The van der Waals surface area contributed by atoms with E-state index in [1.807, 2.05) is 30.3 Å². The van der Waals surface area contributed by atoms with Gasteiger partial charge in [-0.3, -0.25) is 9.59 Å². The normalized spacial score (nSPS) is 17.5. The van der Waals surface area contributed by atoms with Crippen molar-refractivity contribution >= 4 is 28.4 Å². The second kappa shape index (κ2) is 5.91. The van der Waals surface area contributed by atoms with Crippen LogP contribution in [0.2, 0.25) is 5.02 Å². The lowest BCUT2D eigenvalue weighted by molar-refractivity contribution is -0.118. The number of Topliss-reactive ketones (excluding diaryl/α,β-unsaturated/α-hetero) is 1. The zero-order valence-electron chi connectivity index (χ0n) is 12.9. The van der Waals surface area contributed by atoms with Crippen LogP contribution in [0.5, 0.6) is 0 Å². The van der Waals surface area contributed by atoms with E-state index in [0.29, 0.717) is 40.2 Å². The van der Waals surface area contributed by atoms with Crippen LogP contribution >= 0.6 is 11.6 Å². The highest BCUT2D eigenvalue weighted by Gasteiger charge is 2.27. The molecule has 0 spiro atoms. The highest BCUT2D eigenvalue weighted by Crippen LogP contribution is 2.31. The van der Waals surface area contributed by atoms with Gasteiger partial charge in [0.1, 0.15) is 17.1 Å². The molecule has 0 N–H and O–H groups in total. The van der Waals surface area contributed by atoms with Gasteiger partial charge in [0.05, 0.1) is 5.39 Å². The third-order valence-corrected chi connectivity index (χ3v) is 4.85. The number of fused-ring (bicyclic) bond motifs is 2. The second-order valence-electron chi connectivity index (χ2n) is 6.20. The van der Waals surface area contributed by atoms with Crippen LogP contribution < -0.4 is 5.43 Å². The van der Waals surface area contributed by atoms with Crippen molar-refractivity contribution in [2.75, 3.05) is 0 Å². The van der Waals surface area contributed by atoms with E-state index in [9.17, 15) is 9.59 Å². The summed E-state index contributed by atoms with van der Waals surface area (Å²) in [5.41, 5.74) is 2.04. The Balaban J connectivity index is 1.84. The van der Waals surface area contributed by atoms with Crippen LogP contribution in [0.1, 0.15) is 29.2 Å². The van der Waals surface area contributed by atoms with E-state index >= 15 is 0 Å². The summed E-state index contributed by atoms with van der Waals surface area (Å²) in [5, 5.41) is 1.20. The summed E-state index contributed by atoms with van der Waals surface area (Å²) in [6.45, 7) is 0. The molecule has 0 bridgehead atoms. The Morgan fingerprint density at radius 2 is 1.71 bits per heavy atom. The van der Waals surface area contributed by atoms with Crippen LogP contribution in [0.4, 0.5) is 0 Å². The fourth-order valence-corrected chi connectivity index (χ4v) is 3.51. The molecule has 0 aliphatic heterocycles. The number of halogens is 1. The standard InChI is InChI=1S/C20H15ClO3/c21-14-7-5-12(6-8-14)13-9-15(22)11-17-19(10-13)24-18-4-2-1-3-16(18)20(17)23/h1-8,13H,9-11H2. The van der Waals surface area contributed by atoms with Crippen molar-refractivity contribution in [1.82, 2.24) is 0 Å². The lowest BCUT2D eigenvalue weighted by atomic mass is 9.91. The first-order chi connectivity index (χ1) is 11.6. The van der Waals surface area contributed by atoms with Crippen LogP contribution in [-0.4, -0.2) is 5.78 Å². The third kappa shape index (κ3) is 2.65. The number of rotatable bonds is 1. The minimum atomic E-state index is -0.0862. The van der Waals surface area contributed by atoms with Crippen molar-refractivity contribution in [3.63, 3.8) is 0 Å². The SMILES string of the molecule is O=C1Cc2c(oc3ccccc3c2=O)CC(c2ccc(Cl)cc2)C1. The van der Waals surface area contributed by atoms with Crippen molar-refractivity contribution in [3.8, 4) is 0 Å². The molecule has 1 atom stereocenters. The summed E-state index contributed by atoms with van der Waals surface area (Å²) in [5.74, 6) is 0.695. The predicted octanol–water partition coefficient (Wildman–Crippen LogP) is 4.29. The molecule has 4 rings (SSSR count). The van der Waals surface area contributed by atoms with Gasteiger partial charge in [0.25, 0.3) is 0 Å². The number of para-hydroxylation sites is 1. The zero-order chi connectivity index (χ0) is 16.7. The molecular formula is C20H15ClO3. The predicted molar refractivity (Wildman–Crippen MR) is 93.7 cm³/mol. The maximum Gasteiger partial charge on any atom is 0.196 e. The van der Waals surface area contributed by atoms with Gasteiger partial charge >= 0.3 is 0 Å². The van der Waals surface area contributed by atoms with Gasteiger partial charge in [-0.15, -0.1) is 0 Å². The molecule has 120 valence electrons. The van der Waals surface area contributed by atoms with Gasteiger partial charge in [-0.25, -0.2) is 0 Å². The number of benzene rings is 2. The lowest BCUT2D eigenvalue weighted by Crippen LogP contribution is -2.14. The van der Waals surface area contributed by atoms with Crippen molar-refractivity contribution in [2.45, 2.75) is 25.2 Å². The zero-order valence-corrected chi connectivity index (χ0v) is 13.7. The number of ketones is 1. The molecule has 0 radical (unpaired) electrons. The molecule has 1 aromatic heterocycles. The minimum absolute atomic E-state index is 0.000305. The Labute approximate surface area is 143 Å². The summed E-state index contributed by atoms with van der Waals surface area (Å²) in [6.07, 6.45) is 1.09. The molecule has 0 fully saturated rings. The molecular weight excluding hydrogens is 324 g/mol. The maximum absolute atomic E-state index is 12.7. The van der Waals surface area contributed by atoms with E-state index in [1.165, 1.54) is 0 Å². The molecule has 0 saturated heterocycles. The first-order valence-corrected chi connectivity index (χ1v) is 8.30. The monoisotopic (exact) mass is 338 g/mol. The van der Waals surface area contributed by atoms with Gasteiger partial charge in [0, 0.05) is 29.8 Å². The van der Waals surface area contributed by atoms with E-state index in [2.05, 4.69) is 0 Å². The van der Waals surface area contributed by atoms with Crippen LogP contribution in [0.15, 0.2) is 57.7 Å². The van der Waals surface area contributed by atoms with Gasteiger partial charge in [0.2, 0.25) is 0 Å². The average Bonchev–Trinajstić information content (AvgIpc) is 2.75. The molecule has 0 amide bonds. The van der Waals surface area contributed by atoms with Gasteiger partial charge in [-0.2, -0.15) is 0 Å². The van der Waals surface area contributed by atoms with Crippen LogP contribution in [0.3, 0.4) is 0 Å². The number of carbonyl (C=O) groups excluding carboxylic acids is 1. The van der Waals surface area contributed by atoms with E-state index in [0.717, 1.165) is 5.56 Å². The molecule has 1 aliphatic carbocycles. The second-order valence-corrected chi connectivity index (χ2v) is 6.64. The smallest absolute Gasteiger partial charge is 0.196 e. The van der Waals surface area contributed by atoms with Gasteiger partial charge < -0.3 is 4.42 Å². The van der Waals surface area contributed by atoms with Crippen molar-refractivity contribution in [3.05, 3.63) is 80.7 Å². The van der Waals surface area contributed by atoms with Crippen LogP contribution in [0, 0.1) is 0 Å². The molecule has 3 nitrogen and oxygen atoms in total. The number of hydrogen-bond acceptors (Lipinski definition) is 3. The lowest BCUT2D eigenvalue weighted by Gasteiger charge is -2.14. The molecule has 1 heterocycles. The third-order valence-electron chi connectivity index (χ3n) is 4.60. The number of hydrogen-bond donors (Lipinski definition) is 0. The first-order valence-electron chi connectivity index (χ1n) is 7.92. The Morgan fingerprint density at radius 1 is 0.958 bits per heavy atom. The van der Waals surface area contributed by atoms with Gasteiger partial charge in [-0.05, 0) is 35.7 Å². The maximum atomic E-state index is 12.7. The van der Waals surface area contributed by atoms with E-state index < -0.39 is 0 Å². The fraction of sp³-hybridized carbons (Fsp3) is 0.200. The summed E-state index contributed by atoms with van der Waals surface area (Å²) >= 11 is 5.95. The van der Waals surface area contributed by atoms with Crippen molar-refractivity contribution < 1.29 is 9.21 Å². The first kappa shape index (κ1) is 15.2. The molecule has 1 aliphatic rings. The molecule has 2 aromatic carbocycles. The quantitative estimate of drug-likeness (QED) is 0.622. The summed E-state index contributed by atoms with van der Waals surface area (Å²) < 4.78 is 5.99.